The number of nitrogens with zero attached hydrogens (tertiary/aromatic N) is 3. The summed E-state index contributed by atoms with van der Waals surface area (Å²) in [6.45, 7) is 1.28. The van der Waals surface area contributed by atoms with Crippen molar-refractivity contribution in [1.29, 1.82) is 0 Å². The molecule has 0 spiro atoms. The number of aromatic nitrogens is 3. The second kappa shape index (κ2) is 7.59. The lowest BCUT2D eigenvalue weighted by Crippen LogP contribution is -2.17. The molecule has 1 atom stereocenters. The van der Waals surface area contributed by atoms with Crippen LogP contribution < -0.4 is 10.1 Å². The molecule has 0 bridgehead atoms. The highest BCUT2D eigenvalue weighted by atomic mass is 32.1. The lowest BCUT2D eigenvalue weighted by molar-refractivity contribution is 0.102. The lowest BCUT2D eigenvalue weighted by atomic mass is 10.2. The Bertz CT molecular complexity index is 877. The maximum Gasteiger partial charge on any atom is 0.259 e. The topological polar surface area (TPSA) is 86.2 Å². The molecule has 0 aromatic carbocycles. The number of amides is 1. The van der Waals surface area contributed by atoms with Gasteiger partial charge in [-0.25, -0.2) is 9.97 Å². The number of pyridine rings is 2. The molecule has 1 N–H and O–H groups in total. The van der Waals surface area contributed by atoms with E-state index in [-0.39, 0.29) is 12.0 Å². The molecule has 0 radical (unpaired) electrons. The van der Waals surface area contributed by atoms with Crippen LogP contribution >= 0.6 is 11.3 Å². The number of nitrogens with one attached hydrogen (secondary N) is 1. The number of thiazole rings is 1. The molecule has 0 aliphatic carbocycles. The third-order valence-corrected chi connectivity index (χ3v) is 4.61. The largest absolute Gasteiger partial charge is 0.472 e. The van der Waals surface area contributed by atoms with Crippen LogP contribution in [0.25, 0.3) is 11.3 Å². The van der Waals surface area contributed by atoms with Crippen LogP contribution in [-0.4, -0.2) is 40.2 Å². The summed E-state index contributed by atoms with van der Waals surface area (Å²) in [7, 11) is 0. The number of hydrogen-bond donors (Lipinski definition) is 1. The average molecular weight is 368 g/mol. The van der Waals surface area contributed by atoms with Gasteiger partial charge < -0.3 is 9.47 Å². The summed E-state index contributed by atoms with van der Waals surface area (Å²) >= 11 is 1.36. The first-order valence-electron chi connectivity index (χ1n) is 8.16. The minimum atomic E-state index is -0.264. The third kappa shape index (κ3) is 3.87. The molecule has 3 aromatic rings. The fraction of sp³-hybridized carbons (Fsp3) is 0.222. The third-order valence-electron chi connectivity index (χ3n) is 3.86. The van der Waals surface area contributed by atoms with Crippen LogP contribution in [0.4, 0.5) is 5.13 Å². The predicted molar refractivity (Wildman–Crippen MR) is 97.4 cm³/mol. The van der Waals surface area contributed by atoms with E-state index >= 15 is 0 Å². The molecule has 1 fully saturated rings. The van der Waals surface area contributed by atoms with E-state index in [9.17, 15) is 4.79 Å². The molecule has 0 saturated carbocycles. The van der Waals surface area contributed by atoms with Crippen molar-refractivity contribution in [2.24, 2.45) is 0 Å². The number of carbonyl (C=O) groups is 1. The van der Waals surface area contributed by atoms with Crippen molar-refractivity contribution >= 4 is 22.4 Å². The summed E-state index contributed by atoms with van der Waals surface area (Å²) in [5.41, 5.74) is 2.13. The maximum atomic E-state index is 12.4. The molecule has 4 rings (SSSR count). The van der Waals surface area contributed by atoms with Crippen LogP contribution in [0.1, 0.15) is 16.8 Å². The predicted octanol–water partition coefficient (Wildman–Crippen LogP) is 3.02. The van der Waals surface area contributed by atoms with E-state index in [1.165, 1.54) is 17.5 Å². The number of hydrogen-bond acceptors (Lipinski definition) is 7. The summed E-state index contributed by atoms with van der Waals surface area (Å²) < 4.78 is 11.0. The van der Waals surface area contributed by atoms with Gasteiger partial charge in [0.1, 0.15) is 6.10 Å². The smallest absolute Gasteiger partial charge is 0.259 e. The standard InChI is InChI=1S/C18H16N4O3S/c23-17(13-3-4-16(20-9-13)25-14-5-7-24-10-14)22-18-21-15(11-26-18)12-2-1-6-19-8-12/h1-4,6,8-9,11,14H,5,7,10H2,(H,21,22,23)/t14-/m0/s1. The average Bonchev–Trinajstić information content (AvgIpc) is 3.35. The van der Waals surface area contributed by atoms with Crippen LogP contribution in [0, 0.1) is 0 Å². The highest BCUT2D eigenvalue weighted by Gasteiger charge is 2.18. The first kappa shape index (κ1) is 16.6. The Kier molecular flexibility index (Phi) is 4.85. The molecule has 4 heterocycles. The molecule has 1 saturated heterocycles. The van der Waals surface area contributed by atoms with Gasteiger partial charge in [0, 0.05) is 42.0 Å². The highest BCUT2D eigenvalue weighted by molar-refractivity contribution is 7.14. The Labute approximate surface area is 154 Å². The normalized spacial score (nSPS) is 16.4. The van der Waals surface area contributed by atoms with Crippen molar-refractivity contribution < 1.29 is 14.3 Å². The zero-order valence-corrected chi connectivity index (χ0v) is 14.6. The summed E-state index contributed by atoms with van der Waals surface area (Å²) in [6.07, 6.45) is 5.82. The molecule has 1 aliphatic rings. The van der Waals surface area contributed by atoms with E-state index in [1.807, 2.05) is 17.5 Å². The van der Waals surface area contributed by atoms with E-state index in [2.05, 4.69) is 20.3 Å². The van der Waals surface area contributed by atoms with Gasteiger partial charge in [0.2, 0.25) is 5.88 Å². The van der Waals surface area contributed by atoms with Gasteiger partial charge in [-0.3, -0.25) is 15.1 Å². The van der Waals surface area contributed by atoms with Crippen LogP contribution in [0.5, 0.6) is 5.88 Å². The van der Waals surface area contributed by atoms with Crippen LogP contribution in [-0.2, 0) is 4.74 Å². The zero-order chi connectivity index (χ0) is 17.8. The van der Waals surface area contributed by atoms with Gasteiger partial charge in [-0.15, -0.1) is 11.3 Å². The minimum Gasteiger partial charge on any atom is -0.472 e. The fourth-order valence-corrected chi connectivity index (χ4v) is 3.22. The maximum absolute atomic E-state index is 12.4. The van der Waals surface area contributed by atoms with Crippen LogP contribution in [0.3, 0.4) is 0 Å². The first-order valence-corrected chi connectivity index (χ1v) is 9.03. The first-order chi connectivity index (χ1) is 12.8. The van der Waals surface area contributed by atoms with Crippen molar-refractivity contribution in [1.82, 2.24) is 15.0 Å². The SMILES string of the molecule is O=C(Nc1nc(-c2cccnc2)cs1)c1ccc(O[C@H]2CCOC2)nc1. The van der Waals surface area contributed by atoms with Crippen molar-refractivity contribution in [3.05, 3.63) is 53.8 Å². The molecular weight excluding hydrogens is 352 g/mol. The van der Waals surface area contributed by atoms with Gasteiger partial charge in [-0.1, -0.05) is 0 Å². The molecule has 7 nitrogen and oxygen atoms in total. The highest BCUT2D eigenvalue weighted by Crippen LogP contribution is 2.24. The number of anilines is 1. The summed E-state index contributed by atoms with van der Waals surface area (Å²) in [5, 5.41) is 5.19. The van der Waals surface area contributed by atoms with Crippen molar-refractivity contribution in [3.63, 3.8) is 0 Å². The molecular formula is C18H16N4O3S. The summed E-state index contributed by atoms with van der Waals surface area (Å²) in [5.74, 6) is 0.227. The van der Waals surface area contributed by atoms with Gasteiger partial charge in [0.05, 0.1) is 24.5 Å². The van der Waals surface area contributed by atoms with E-state index in [1.54, 1.807) is 24.5 Å². The van der Waals surface area contributed by atoms with Crippen LogP contribution in [0.2, 0.25) is 0 Å². The lowest BCUT2D eigenvalue weighted by Gasteiger charge is -2.10. The van der Waals surface area contributed by atoms with Gasteiger partial charge in [0.25, 0.3) is 5.91 Å². The molecule has 26 heavy (non-hydrogen) atoms. The van der Waals surface area contributed by atoms with E-state index < -0.39 is 0 Å². The van der Waals surface area contributed by atoms with E-state index in [4.69, 9.17) is 9.47 Å². The van der Waals surface area contributed by atoms with Crippen molar-refractivity contribution in [2.45, 2.75) is 12.5 Å². The Morgan fingerprint density at radius 3 is 3.00 bits per heavy atom. The summed E-state index contributed by atoms with van der Waals surface area (Å²) in [6, 6.07) is 7.14. The second-order valence-electron chi connectivity index (χ2n) is 5.72. The fourth-order valence-electron chi connectivity index (χ4n) is 2.51. The van der Waals surface area contributed by atoms with Gasteiger partial charge >= 0.3 is 0 Å². The summed E-state index contributed by atoms with van der Waals surface area (Å²) in [4.78, 5) is 25.0. The van der Waals surface area contributed by atoms with Crippen molar-refractivity contribution in [3.8, 4) is 17.1 Å². The molecule has 132 valence electrons. The minimum absolute atomic E-state index is 0.0309. The van der Waals surface area contributed by atoms with Gasteiger partial charge in [-0.2, -0.15) is 0 Å². The quantitative estimate of drug-likeness (QED) is 0.745. The Hall–Kier alpha value is -2.84. The van der Waals surface area contributed by atoms with Crippen LogP contribution in [0.15, 0.2) is 48.2 Å². The monoisotopic (exact) mass is 368 g/mol. The molecule has 1 amide bonds. The Morgan fingerprint density at radius 2 is 2.27 bits per heavy atom. The molecule has 3 aromatic heterocycles. The van der Waals surface area contributed by atoms with Crippen molar-refractivity contribution in [2.75, 3.05) is 18.5 Å². The van der Waals surface area contributed by atoms with E-state index in [0.29, 0.717) is 29.8 Å². The second-order valence-corrected chi connectivity index (χ2v) is 6.58. The Morgan fingerprint density at radius 1 is 1.31 bits per heavy atom. The number of rotatable bonds is 5. The molecule has 1 aliphatic heterocycles. The number of carbonyl (C=O) groups excluding carboxylic acids is 1. The zero-order valence-electron chi connectivity index (χ0n) is 13.8. The number of ether oxygens (including phenoxy) is 2. The Balaban J connectivity index is 1.39. The van der Waals surface area contributed by atoms with Gasteiger partial charge in [0.15, 0.2) is 5.13 Å². The molecule has 8 heteroatoms. The van der Waals surface area contributed by atoms with E-state index in [0.717, 1.165) is 17.7 Å². The molecule has 0 unspecified atom stereocenters. The van der Waals surface area contributed by atoms with Gasteiger partial charge in [-0.05, 0) is 18.2 Å².